The van der Waals surface area contributed by atoms with E-state index in [0.29, 0.717) is 11.5 Å². The van der Waals surface area contributed by atoms with Crippen LogP contribution in [0.4, 0.5) is 0 Å². The van der Waals surface area contributed by atoms with Crippen molar-refractivity contribution in [2.24, 2.45) is 0 Å². The van der Waals surface area contributed by atoms with Crippen LogP contribution < -0.4 is 5.32 Å². The highest BCUT2D eigenvalue weighted by molar-refractivity contribution is 5.88. The molecule has 0 fully saturated rings. The van der Waals surface area contributed by atoms with Gasteiger partial charge >= 0.3 is 5.97 Å². The molecule has 1 aromatic heterocycles. The Kier molecular flexibility index (Phi) is 5.36. The average molecular weight is 313 g/mol. The Morgan fingerprint density at radius 3 is 2.52 bits per heavy atom. The minimum absolute atomic E-state index is 0.119. The van der Waals surface area contributed by atoms with E-state index in [2.05, 4.69) is 5.32 Å². The Balaban J connectivity index is 1.82. The second-order valence-electron chi connectivity index (χ2n) is 5.28. The second kappa shape index (κ2) is 7.45. The van der Waals surface area contributed by atoms with Crippen molar-refractivity contribution in [3.63, 3.8) is 0 Å². The van der Waals surface area contributed by atoms with Crippen molar-refractivity contribution >= 4 is 18.0 Å². The highest BCUT2D eigenvalue weighted by atomic mass is 16.4. The normalized spacial score (nSPS) is 10.9. The van der Waals surface area contributed by atoms with E-state index in [1.54, 1.807) is 13.0 Å². The molecule has 2 aromatic rings. The SMILES string of the molecule is Cc1ccc(C=CCC(=O)NCc2cc(C(=O)O)c(C)o2)cc1. The first kappa shape index (κ1) is 16.5. The number of aryl methyl sites for hydroxylation is 2. The maximum Gasteiger partial charge on any atom is 0.339 e. The number of carboxylic acid groups (broad SMARTS) is 1. The number of hydrogen-bond donors (Lipinski definition) is 2. The van der Waals surface area contributed by atoms with Crippen molar-refractivity contribution in [3.8, 4) is 0 Å². The van der Waals surface area contributed by atoms with Gasteiger partial charge in [0.15, 0.2) is 0 Å². The fourth-order valence-corrected chi connectivity index (χ4v) is 2.08. The van der Waals surface area contributed by atoms with Gasteiger partial charge in [-0.2, -0.15) is 0 Å². The van der Waals surface area contributed by atoms with Gasteiger partial charge in [-0.05, 0) is 25.5 Å². The van der Waals surface area contributed by atoms with Crippen LogP contribution in [0.5, 0.6) is 0 Å². The molecule has 1 amide bonds. The van der Waals surface area contributed by atoms with Crippen molar-refractivity contribution < 1.29 is 19.1 Å². The number of carboxylic acids is 1. The Morgan fingerprint density at radius 1 is 1.22 bits per heavy atom. The maximum atomic E-state index is 11.8. The molecular weight excluding hydrogens is 294 g/mol. The van der Waals surface area contributed by atoms with Crippen molar-refractivity contribution in [2.75, 3.05) is 0 Å². The third kappa shape index (κ3) is 4.85. The molecule has 1 aromatic carbocycles. The third-order valence-corrected chi connectivity index (χ3v) is 3.35. The van der Waals surface area contributed by atoms with Crippen LogP contribution >= 0.6 is 0 Å². The minimum Gasteiger partial charge on any atom is -0.478 e. The summed E-state index contributed by atoms with van der Waals surface area (Å²) in [4.78, 5) is 22.7. The van der Waals surface area contributed by atoms with Crippen LogP contribution in [0, 0.1) is 13.8 Å². The van der Waals surface area contributed by atoms with E-state index in [4.69, 9.17) is 9.52 Å². The summed E-state index contributed by atoms with van der Waals surface area (Å²) < 4.78 is 5.30. The molecule has 0 aliphatic carbocycles. The van der Waals surface area contributed by atoms with E-state index in [-0.39, 0.29) is 24.4 Å². The van der Waals surface area contributed by atoms with Gasteiger partial charge in [-0.25, -0.2) is 4.79 Å². The number of hydrogen-bond acceptors (Lipinski definition) is 3. The summed E-state index contributed by atoms with van der Waals surface area (Å²) in [6, 6.07) is 9.43. The molecule has 0 spiro atoms. The van der Waals surface area contributed by atoms with Crippen LogP contribution in [0.2, 0.25) is 0 Å². The molecule has 5 nitrogen and oxygen atoms in total. The Labute approximate surface area is 134 Å². The predicted octanol–water partition coefficient (Wildman–Crippen LogP) is 3.31. The molecule has 5 heteroatoms. The number of amides is 1. The first-order valence-corrected chi connectivity index (χ1v) is 7.28. The molecule has 0 atom stereocenters. The van der Waals surface area contributed by atoms with Gasteiger partial charge in [-0.3, -0.25) is 4.79 Å². The highest BCUT2D eigenvalue weighted by Crippen LogP contribution is 2.14. The zero-order valence-electron chi connectivity index (χ0n) is 13.1. The zero-order chi connectivity index (χ0) is 16.8. The second-order valence-corrected chi connectivity index (χ2v) is 5.28. The quantitative estimate of drug-likeness (QED) is 0.857. The fourth-order valence-electron chi connectivity index (χ4n) is 2.08. The summed E-state index contributed by atoms with van der Waals surface area (Å²) in [6.45, 7) is 3.78. The molecule has 120 valence electrons. The molecule has 2 N–H and O–H groups in total. The van der Waals surface area contributed by atoms with Crippen LogP contribution in [0.25, 0.3) is 6.08 Å². The van der Waals surface area contributed by atoms with Crippen molar-refractivity contribution in [3.05, 3.63) is 64.6 Å². The first-order chi connectivity index (χ1) is 11.0. The smallest absolute Gasteiger partial charge is 0.339 e. The lowest BCUT2D eigenvalue weighted by Crippen LogP contribution is -2.21. The number of rotatable bonds is 6. The first-order valence-electron chi connectivity index (χ1n) is 7.28. The zero-order valence-corrected chi connectivity index (χ0v) is 13.1. The minimum atomic E-state index is -1.04. The summed E-state index contributed by atoms with van der Waals surface area (Å²) in [5, 5.41) is 11.6. The van der Waals surface area contributed by atoms with Crippen LogP contribution in [-0.4, -0.2) is 17.0 Å². The molecule has 0 aliphatic rings. The molecule has 0 bridgehead atoms. The molecule has 2 rings (SSSR count). The van der Waals surface area contributed by atoms with Crippen LogP contribution in [0.15, 0.2) is 40.8 Å². The lowest BCUT2D eigenvalue weighted by Gasteiger charge is -2.00. The van der Waals surface area contributed by atoms with Crippen molar-refractivity contribution in [2.45, 2.75) is 26.8 Å². The van der Waals surface area contributed by atoms with Gasteiger partial charge in [-0.15, -0.1) is 0 Å². The van der Waals surface area contributed by atoms with E-state index in [9.17, 15) is 9.59 Å². The largest absolute Gasteiger partial charge is 0.478 e. The Bertz CT molecular complexity index is 726. The molecule has 0 saturated carbocycles. The third-order valence-electron chi connectivity index (χ3n) is 3.35. The predicted molar refractivity (Wildman–Crippen MR) is 87.1 cm³/mol. The molecule has 1 heterocycles. The molecule has 23 heavy (non-hydrogen) atoms. The molecule has 0 unspecified atom stereocenters. The monoisotopic (exact) mass is 313 g/mol. The van der Waals surface area contributed by atoms with Gasteiger partial charge < -0.3 is 14.8 Å². The van der Waals surface area contributed by atoms with Gasteiger partial charge in [0.1, 0.15) is 17.1 Å². The van der Waals surface area contributed by atoms with Gasteiger partial charge in [0.05, 0.1) is 6.54 Å². The van der Waals surface area contributed by atoms with E-state index in [0.717, 1.165) is 5.56 Å². The fraction of sp³-hybridized carbons (Fsp3) is 0.222. The average Bonchev–Trinajstić information content (AvgIpc) is 2.88. The summed E-state index contributed by atoms with van der Waals surface area (Å²) >= 11 is 0. The summed E-state index contributed by atoms with van der Waals surface area (Å²) in [6.07, 6.45) is 3.92. The topological polar surface area (TPSA) is 79.5 Å². The van der Waals surface area contributed by atoms with Gasteiger partial charge in [-0.1, -0.05) is 42.0 Å². The number of carbonyl (C=O) groups excluding carboxylic acids is 1. The summed E-state index contributed by atoms with van der Waals surface area (Å²) in [5.41, 5.74) is 2.35. The van der Waals surface area contributed by atoms with E-state index < -0.39 is 5.97 Å². The number of nitrogens with one attached hydrogen (secondary N) is 1. The number of carbonyl (C=O) groups is 2. The molecule has 0 radical (unpaired) electrons. The summed E-state index contributed by atoms with van der Waals surface area (Å²) in [7, 11) is 0. The van der Waals surface area contributed by atoms with E-state index in [1.807, 2.05) is 37.3 Å². The standard InChI is InChI=1S/C18H19NO4/c1-12-6-8-14(9-7-12)4-3-5-17(20)19-11-15-10-16(18(21)22)13(2)23-15/h3-4,6-10H,5,11H2,1-2H3,(H,19,20)(H,21,22). The van der Waals surface area contributed by atoms with E-state index >= 15 is 0 Å². The van der Waals surface area contributed by atoms with Gasteiger partial charge in [0.25, 0.3) is 0 Å². The number of furan rings is 1. The molecule has 0 aliphatic heterocycles. The van der Waals surface area contributed by atoms with Gasteiger partial charge in [0.2, 0.25) is 5.91 Å². The van der Waals surface area contributed by atoms with Crippen molar-refractivity contribution in [1.29, 1.82) is 0 Å². The lowest BCUT2D eigenvalue weighted by molar-refractivity contribution is -0.120. The Morgan fingerprint density at radius 2 is 1.91 bits per heavy atom. The van der Waals surface area contributed by atoms with Crippen LogP contribution in [-0.2, 0) is 11.3 Å². The number of benzene rings is 1. The maximum absolute atomic E-state index is 11.8. The van der Waals surface area contributed by atoms with Crippen LogP contribution in [0.3, 0.4) is 0 Å². The highest BCUT2D eigenvalue weighted by Gasteiger charge is 2.13. The summed E-state index contributed by atoms with van der Waals surface area (Å²) in [5.74, 6) is -0.430. The lowest BCUT2D eigenvalue weighted by atomic mass is 10.1. The Hall–Kier alpha value is -2.82. The van der Waals surface area contributed by atoms with E-state index in [1.165, 1.54) is 11.6 Å². The van der Waals surface area contributed by atoms with Crippen LogP contribution in [0.1, 0.15) is 39.4 Å². The van der Waals surface area contributed by atoms with Gasteiger partial charge in [0, 0.05) is 6.42 Å². The molecular formula is C18H19NO4. The van der Waals surface area contributed by atoms with Crippen molar-refractivity contribution in [1.82, 2.24) is 5.32 Å². The number of aromatic carboxylic acids is 1. The molecule has 0 saturated heterocycles.